The molecule has 2 N–H and O–H groups in total. The van der Waals surface area contributed by atoms with Gasteiger partial charge in [0.25, 0.3) is 0 Å². The van der Waals surface area contributed by atoms with Gasteiger partial charge in [-0.1, -0.05) is 54.6 Å². The van der Waals surface area contributed by atoms with Gasteiger partial charge in [0.05, 0.1) is 6.61 Å². The standard InChI is InChI=1S/C28H35NO4.ClH/c1-4-32-27(31)16-12-21-10-14-26(15-11-21)33-20-25(30)19-29-28(2,3)18-22-9-13-23-7-5-6-8-24(23)17-22;/h5-11,13-15,17,25,29-30H,4,12,16,18-20H2,1-3H3;1H/t25-;/m1./s1. The Bertz CT molecular complexity index is 1040. The van der Waals surface area contributed by atoms with Crippen molar-refractivity contribution in [3.8, 4) is 5.75 Å². The maximum Gasteiger partial charge on any atom is 0.306 e. The van der Waals surface area contributed by atoms with Crippen molar-refractivity contribution in [3.63, 3.8) is 0 Å². The Hall–Kier alpha value is -2.60. The molecule has 0 saturated carbocycles. The Balaban J connectivity index is 0.00000408. The first kappa shape index (κ1) is 27.6. The summed E-state index contributed by atoms with van der Waals surface area (Å²) < 4.78 is 10.7. The largest absolute Gasteiger partial charge is 0.491 e. The van der Waals surface area contributed by atoms with Crippen molar-refractivity contribution >= 4 is 29.1 Å². The minimum absolute atomic E-state index is 0. The predicted octanol–water partition coefficient (Wildman–Crippen LogP) is 5.11. The molecule has 0 aliphatic heterocycles. The average Bonchev–Trinajstić information content (AvgIpc) is 2.81. The van der Waals surface area contributed by atoms with Crippen molar-refractivity contribution in [2.24, 2.45) is 0 Å². The number of aliphatic hydroxyl groups is 1. The van der Waals surface area contributed by atoms with Gasteiger partial charge < -0.3 is 19.9 Å². The number of carbonyl (C=O) groups excluding carboxylic acids is 1. The van der Waals surface area contributed by atoms with Crippen molar-refractivity contribution in [2.75, 3.05) is 19.8 Å². The Labute approximate surface area is 208 Å². The van der Waals surface area contributed by atoms with Crippen LogP contribution in [0.25, 0.3) is 10.8 Å². The van der Waals surface area contributed by atoms with E-state index in [9.17, 15) is 9.90 Å². The average molecular weight is 486 g/mol. The molecule has 0 saturated heterocycles. The van der Waals surface area contributed by atoms with Crippen LogP contribution in [0, 0.1) is 0 Å². The topological polar surface area (TPSA) is 67.8 Å². The second kappa shape index (κ2) is 13.3. The van der Waals surface area contributed by atoms with Crippen molar-refractivity contribution in [1.29, 1.82) is 0 Å². The maximum atomic E-state index is 11.5. The Kier molecular flexibility index (Phi) is 10.8. The van der Waals surface area contributed by atoms with Crippen molar-refractivity contribution in [3.05, 3.63) is 77.9 Å². The fourth-order valence-electron chi connectivity index (χ4n) is 3.80. The van der Waals surface area contributed by atoms with Crippen LogP contribution in [0.1, 0.15) is 38.3 Å². The van der Waals surface area contributed by atoms with Gasteiger partial charge in [0.1, 0.15) is 18.5 Å². The molecule has 3 rings (SSSR count). The van der Waals surface area contributed by atoms with Crippen molar-refractivity contribution in [2.45, 2.75) is 51.7 Å². The van der Waals surface area contributed by atoms with Crippen molar-refractivity contribution < 1.29 is 19.4 Å². The normalized spacial score (nSPS) is 12.1. The number of β-amino-alcohol motifs (C(OH)–C–C–N with tert-alkyl or cyclic N) is 1. The molecular formula is C28H36ClNO4. The fourth-order valence-corrected chi connectivity index (χ4v) is 3.80. The van der Waals surface area contributed by atoms with Gasteiger partial charge >= 0.3 is 5.97 Å². The number of nitrogens with one attached hydrogen (secondary N) is 1. The van der Waals surface area contributed by atoms with E-state index in [0.717, 1.165) is 12.0 Å². The molecule has 0 spiro atoms. The van der Waals surface area contributed by atoms with Gasteiger partial charge in [0.15, 0.2) is 0 Å². The highest BCUT2D eigenvalue weighted by Gasteiger charge is 2.19. The number of hydrogen-bond acceptors (Lipinski definition) is 5. The van der Waals surface area contributed by atoms with Gasteiger partial charge in [-0.05, 0) is 67.6 Å². The molecule has 0 aliphatic carbocycles. The second-order valence-electron chi connectivity index (χ2n) is 9.04. The van der Waals surface area contributed by atoms with Crippen LogP contribution in [-0.4, -0.2) is 42.5 Å². The van der Waals surface area contributed by atoms with Gasteiger partial charge in [0.2, 0.25) is 0 Å². The molecule has 0 unspecified atom stereocenters. The van der Waals surface area contributed by atoms with Crippen LogP contribution in [0.4, 0.5) is 0 Å². The highest BCUT2D eigenvalue weighted by atomic mass is 35.5. The number of benzene rings is 3. The van der Waals surface area contributed by atoms with Crippen LogP contribution in [-0.2, 0) is 22.4 Å². The second-order valence-corrected chi connectivity index (χ2v) is 9.04. The molecule has 3 aromatic carbocycles. The summed E-state index contributed by atoms with van der Waals surface area (Å²) in [5.74, 6) is 0.515. The van der Waals surface area contributed by atoms with Crippen LogP contribution in [0.3, 0.4) is 0 Å². The summed E-state index contributed by atoms with van der Waals surface area (Å²) in [5, 5.41) is 16.3. The fraction of sp³-hybridized carbons (Fsp3) is 0.393. The zero-order valence-corrected chi connectivity index (χ0v) is 21.1. The van der Waals surface area contributed by atoms with E-state index in [1.807, 2.05) is 24.3 Å². The lowest BCUT2D eigenvalue weighted by Gasteiger charge is -2.28. The predicted molar refractivity (Wildman–Crippen MR) is 140 cm³/mol. The lowest BCUT2D eigenvalue weighted by Crippen LogP contribution is -2.46. The molecule has 0 aromatic heterocycles. The third-order valence-electron chi connectivity index (χ3n) is 5.57. The molecule has 0 heterocycles. The monoisotopic (exact) mass is 485 g/mol. The number of aliphatic hydroxyl groups excluding tert-OH is 1. The maximum absolute atomic E-state index is 11.5. The van der Waals surface area contributed by atoms with Crippen LogP contribution in [0.5, 0.6) is 5.75 Å². The quantitative estimate of drug-likeness (QED) is 0.349. The molecule has 5 nitrogen and oxygen atoms in total. The molecule has 184 valence electrons. The van der Waals surface area contributed by atoms with E-state index >= 15 is 0 Å². The summed E-state index contributed by atoms with van der Waals surface area (Å²) in [6, 6.07) is 22.5. The lowest BCUT2D eigenvalue weighted by atomic mass is 9.93. The summed E-state index contributed by atoms with van der Waals surface area (Å²) in [6.07, 6.45) is 1.24. The Morgan fingerprint density at radius 1 is 1.00 bits per heavy atom. The number of esters is 1. The molecule has 34 heavy (non-hydrogen) atoms. The minimum atomic E-state index is -0.621. The SMILES string of the molecule is CCOC(=O)CCc1ccc(OC[C@H](O)CNC(C)(C)Cc2ccc3ccccc3c2)cc1.Cl. The van der Waals surface area contributed by atoms with Crippen LogP contribution < -0.4 is 10.1 Å². The molecular weight excluding hydrogens is 450 g/mol. The smallest absolute Gasteiger partial charge is 0.306 e. The number of aryl methyl sites for hydroxylation is 1. The van der Waals surface area contributed by atoms with Gasteiger partial charge in [-0.15, -0.1) is 12.4 Å². The van der Waals surface area contributed by atoms with E-state index in [1.54, 1.807) is 6.92 Å². The molecule has 3 aromatic rings. The van der Waals surface area contributed by atoms with E-state index in [-0.39, 0.29) is 30.5 Å². The number of carbonyl (C=O) groups is 1. The van der Waals surface area contributed by atoms with Crippen LogP contribution in [0.15, 0.2) is 66.7 Å². The summed E-state index contributed by atoms with van der Waals surface area (Å²) in [5.41, 5.74) is 2.15. The van der Waals surface area contributed by atoms with E-state index in [0.29, 0.717) is 31.7 Å². The zero-order chi connectivity index (χ0) is 23.7. The van der Waals surface area contributed by atoms with E-state index in [1.165, 1.54) is 16.3 Å². The lowest BCUT2D eigenvalue weighted by molar-refractivity contribution is -0.143. The Morgan fingerprint density at radius 2 is 1.68 bits per heavy atom. The Morgan fingerprint density at radius 3 is 2.38 bits per heavy atom. The van der Waals surface area contributed by atoms with Crippen molar-refractivity contribution in [1.82, 2.24) is 5.32 Å². The number of fused-ring (bicyclic) bond motifs is 1. The van der Waals surface area contributed by atoms with Gasteiger partial charge in [-0.3, -0.25) is 4.79 Å². The number of rotatable bonds is 12. The molecule has 0 fully saturated rings. The third-order valence-corrected chi connectivity index (χ3v) is 5.57. The molecule has 0 bridgehead atoms. The van der Waals surface area contributed by atoms with Gasteiger partial charge in [0, 0.05) is 18.5 Å². The van der Waals surface area contributed by atoms with E-state index < -0.39 is 6.10 Å². The summed E-state index contributed by atoms with van der Waals surface area (Å²) in [6.45, 7) is 7.15. The van der Waals surface area contributed by atoms with Crippen LogP contribution >= 0.6 is 12.4 Å². The highest BCUT2D eigenvalue weighted by Crippen LogP contribution is 2.20. The zero-order valence-electron chi connectivity index (χ0n) is 20.3. The molecule has 1 atom stereocenters. The molecule has 0 amide bonds. The number of ether oxygens (including phenoxy) is 2. The minimum Gasteiger partial charge on any atom is -0.491 e. The van der Waals surface area contributed by atoms with Crippen LogP contribution in [0.2, 0.25) is 0 Å². The van der Waals surface area contributed by atoms with E-state index in [2.05, 4.69) is 61.6 Å². The first-order chi connectivity index (χ1) is 15.8. The molecule has 0 aliphatic rings. The molecule has 6 heteroatoms. The van der Waals surface area contributed by atoms with Gasteiger partial charge in [-0.2, -0.15) is 0 Å². The van der Waals surface area contributed by atoms with E-state index in [4.69, 9.17) is 9.47 Å². The first-order valence-corrected chi connectivity index (χ1v) is 11.6. The first-order valence-electron chi connectivity index (χ1n) is 11.6. The molecule has 0 radical (unpaired) electrons. The summed E-state index contributed by atoms with van der Waals surface area (Å²) >= 11 is 0. The highest BCUT2D eigenvalue weighted by molar-refractivity contribution is 5.85. The summed E-state index contributed by atoms with van der Waals surface area (Å²) in [4.78, 5) is 11.5. The third kappa shape index (κ3) is 8.98. The number of hydrogen-bond donors (Lipinski definition) is 2. The summed E-state index contributed by atoms with van der Waals surface area (Å²) in [7, 11) is 0. The number of halogens is 1. The van der Waals surface area contributed by atoms with Gasteiger partial charge in [-0.25, -0.2) is 0 Å².